The van der Waals surface area contributed by atoms with E-state index in [1.165, 1.54) is 6.20 Å². The maximum atomic E-state index is 12.5. The van der Waals surface area contributed by atoms with Crippen molar-refractivity contribution in [1.82, 2.24) is 14.6 Å². The van der Waals surface area contributed by atoms with Crippen LogP contribution in [-0.4, -0.2) is 27.1 Å². The van der Waals surface area contributed by atoms with E-state index in [0.29, 0.717) is 42.1 Å². The number of nitriles is 1. The van der Waals surface area contributed by atoms with Crippen LogP contribution >= 0.6 is 0 Å². The van der Waals surface area contributed by atoms with Crippen LogP contribution in [0.3, 0.4) is 0 Å². The molecule has 144 valence electrons. The zero-order valence-corrected chi connectivity index (χ0v) is 16.5. The van der Waals surface area contributed by atoms with Crippen molar-refractivity contribution in [2.45, 2.75) is 40.5 Å². The molecule has 1 N–H and O–H groups in total. The second-order valence-corrected chi connectivity index (χ2v) is 6.65. The van der Waals surface area contributed by atoms with Gasteiger partial charge in [-0.2, -0.15) is 10.4 Å². The molecule has 2 heterocycles. The van der Waals surface area contributed by atoms with Gasteiger partial charge in [0.1, 0.15) is 17.4 Å². The van der Waals surface area contributed by atoms with Crippen molar-refractivity contribution in [2.24, 2.45) is 0 Å². The van der Waals surface area contributed by atoms with E-state index < -0.39 is 0 Å². The SMILES string of the molecule is CCOc1cc(C)ccc1NC(=O)CCc1c(C)nc2c(C#N)cnn2c1C. The lowest BCUT2D eigenvalue weighted by molar-refractivity contribution is -0.116. The van der Waals surface area contributed by atoms with E-state index in [2.05, 4.69) is 21.5 Å². The molecular weight excluding hydrogens is 354 g/mol. The lowest BCUT2D eigenvalue weighted by atomic mass is 10.1. The van der Waals surface area contributed by atoms with Gasteiger partial charge in [0.25, 0.3) is 0 Å². The minimum Gasteiger partial charge on any atom is -0.492 e. The Labute approximate surface area is 164 Å². The Morgan fingerprint density at radius 3 is 2.82 bits per heavy atom. The van der Waals surface area contributed by atoms with Gasteiger partial charge < -0.3 is 10.1 Å². The second-order valence-electron chi connectivity index (χ2n) is 6.65. The fraction of sp³-hybridized carbons (Fsp3) is 0.333. The van der Waals surface area contributed by atoms with Crippen molar-refractivity contribution in [1.29, 1.82) is 5.26 Å². The summed E-state index contributed by atoms with van der Waals surface area (Å²) in [5.41, 5.74) is 5.39. The normalized spacial score (nSPS) is 10.7. The lowest BCUT2D eigenvalue weighted by Crippen LogP contribution is -2.15. The number of aromatic nitrogens is 3. The maximum Gasteiger partial charge on any atom is 0.224 e. The van der Waals surface area contributed by atoms with Crippen LogP contribution < -0.4 is 10.1 Å². The molecule has 0 atom stereocenters. The number of fused-ring (bicyclic) bond motifs is 1. The summed E-state index contributed by atoms with van der Waals surface area (Å²) in [7, 11) is 0. The lowest BCUT2D eigenvalue weighted by Gasteiger charge is -2.13. The quantitative estimate of drug-likeness (QED) is 0.710. The van der Waals surface area contributed by atoms with Gasteiger partial charge in [0.2, 0.25) is 5.91 Å². The number of carbonyl (C=O) groups excluding carboxylic acids is 1. The summed E-state index contributed by atoms with van der Waals surface area (Å²) in [5, 5.41) is 16.3. The van der Waals surface area contributed by atoms with E-state index in [0.717, 1.165) is 22.5 Å². The number of hydrogen-bond donors (Lipinski definition) is 1. The van der Waals surface area contributed by atoms with Crippen LogP contribution in [-0.2, 0) is 11.2 Å². The highest BCUT2D eigenvalue weighted by molar-refractivity contribution is 5.92. The molecule has 0 aliphatic carbocycles. The molecule has 0 radical (unpaired) electrons. The molecule has 0 aliphatic rings. The van der Waals surface area contributed by atoms with Crippen molar-refractivity contribution in [3.8, 4) is 11.8 Å². The third-order valence-electron chi connectivity index (χ3n) is 4.64. The Bertz CT molecular complexity index is 1080. The first-order chi connectivity index (χ1) is 13.4. The highest BCUT2D eigenvalue weighted by Gasteiger charge is 2.15. The molecule has 1 amide bonds. The first kappa shape index (κ1) is 19.4. The fourth-order valence-electron chi connectivity index (χ4n) is 3.21. The number of amides is 1. The van der Waals surface area contributed by atoms with Crippen molar-refractivity contribution >= 4 is 17.2 Å². The number of nitrogens with zero attached hydrogens (tertiary/aromatic N) is 4. The molecule has 3 rings (SSSR count). The number of carbonyl (C=O) groups is 1. The zero-order valence-electron chi connectivity index (χ0n) is 16.5. The smallest absolute Gasteiger partial charge is 0.224 e. The highest BCUT2D eigenvalue weighted by atomic mass is 16.5. The number of ether oxygens (including phenoxy) is 1. The maximum absolute atomic E-state index is 12.5. The third kappa shape index (κ3) is 3.81. The standard InChI is InChI=1S/C21H23N5O2/c1-5-28-19-10-13(2)6-8-18(19)25-20(27)9-7-17-14(3)24-21-16(11-22)12-23-26(21)15(17)4/h6,8,10,12H,5,7,9H2,1-4H3,(H,25,27). The number of anilines is 1. The van der Waals surface area contributed by atoms with Crippen LogP contribution in [0.4, 0.5) is 5.69 Å². The molecule has 2 aromatic heterocycles. The van der Waals surface area contributed by atoms with Gasteiger partial charge in [-0.25, -0.2) is 9.50 Å². The minimum absolute atomic E-state index is 0.0955. The Morgan fingerprint density at radius 2 is 2.11 bits per heavy atom. The fourth-order valence-corrected chi connectivity index (χ4v) is 3.21. The molecule has 0 unspecified atom stereocenters. The van der Waals surface area contributed by atoms with Crippen molar-refractivity contribution in [2.75, 3.05) is 11.9 Å². The summed E-state index contributed by atoms with van der Waals surface area (Å²) < 4.78 is 7.28. The van der Waals surface area contributed by atoms with Gasteiger partial charge in [-0.3, -0.25) is 4.79 Å². The zero-order chi connectivity index (χ0) is 20.3. The van der Waals surface area contributed by atoms with E-state index in [1.807, 2.05) is 45.9 Å². The summed E-state index contributed by atoms with van der Waals surface area (Å²) in [6.07, 6.45) is 2.35. The second kappa shape index (κ2) is 8.09. The summed E-state index contributed by atoms with van der Waals surface area (Å²) in [4.78, 5) is 17.0. The average molecular weight is 377 g/mol. The third-order valence-corrected chi connectivity index (χ3v) is 4.64. The number of rotatable bonds is 6. The van der Waals surface area contributed by atoms with E-state index in [-0.39, 0.29) is 5.91 Å². The number of hydrogen-bond acceptors (Lipinski definition) is 5. The summed E-state index contributed by atoms with van der Waals surface area (Å²) >= 11 is 0. The molecule has 3 aromatic rings. The van der Waals surface area contributed by atoms with Crippen LogP contribution in [0.25, 0.3) is 5.65 Å². The van der Waals surface area contributed by atoms with Crippen LogP contribution in [0.15, 0.2) is 24.4 Å². The summed E-state index contributed by atoms with van der Waals surface area (Å²) in [5.74, 6) is 0.578. The van der Waals surface area contributed by atoms with Crippen LogP contribution in [0.1, 0.15) is 41.4 Å². The van der Waals surface area contributed by atoms with Crippen LogP contribution in [0.2, 0.25) is 0 Å². The van der Waals surface area contributed by atoms with E-state index in [9.17, 15) is 4.79 Å². The van der Waals surface area contributed by atoms with Gasteiger partial charge in [-0.15, -0.1) is 0 Å². The molecule has 0 saturated heterocycles. The molecule has 0 saturated carbocycles. The van der Waals surface area contributed by atoms with Gasteiger partial charge in [0.15, 0.2) is 5.65 Å². The number of nitrogens with one attached hydrogen (secondary N) is 1. The van der Waals surface area contributed by atoms with Gasteiger partial charge in [-0.05, 0) is 57.4 Å². The largest absolute Gasteiger partial charge is 0.492 e. The van der Waals surface area contributed by atoms with Crippen LogP contribution in [0, 0.1) is 32.1 Å². The predicted molar refractivity (Wildman–Crippen MR) is 106 cm³/mol. The van der Waals surface area contributed by atoms with Gasteiger partial charge in [0, 0.05) is 17.8 Å². The molecule has 0 bridgehead atoms. The first-order valence-electron chi connectivity index (χ1n) is 9.21. The molecule has 7 nitrogen and oxygen atoms in total. The highest BCUT2D eigenvalue weighted by Crippen LogP contribution is 2.26. The van der Waals surface area contributed by atoms with Crippen molar-refractivity contribution in [3.05, 3.63) is 52.5 Å². The molecule has 7 heteroatoms. The van der Waals surface area contributed by atoms with Crippen LogP contribution in [0.5, 0.6) is 5.75 Å². The molecule has 0 fully saturated rings. The van der Waals surface area contributed by atoms with E-state index in [4.69, 9.17) is 10.00 Å². The Hall–Kier alpha value is -3.40. The molecule has 1 aromatic carbocycles. The topological polar surface area (TPSA) is 92.3 Å². The average Bonchev–Trinajstić information content (AvgIpc) is 3.07. The molecular formula is C21H23N5O2. The Balaban J connectivity index is 1.76. The van der Waals surface area contributed by atoms with Gasteiger partial charge >= 0.3 is 0 Å². The number of aryl methyl sites for hydroxylation is 3. The van der Waals surface area contributed by atoms with E-state index in [1.54, 1.807) is 4.52 Å². The Kier molecular flexibility index (Phi) is 5.59. The summed E-state index contributed by atoms with van der Waals surface area (Å²) in [6, 6.07) is 7.81. The van der Waals surface area contributed by atoms with Gasteiger partial charge in [0.05, 0.1) is 18.5 Å². The van der Waals surface area contributed by atoms with Crippen molar-refractivity contribution in [3.63, 3.8) is 0 Å². The minimum atomic E-state index is -0.0955. The first-order valence-corrected chi connectivity index (χ1v) is 9.21. The number of benzene rings is 1. The van der Waals surface area contributed by atoms with Crippen molar-refractivity contribution < 1.29 is 9.53 Å². The Morgan fingerprint density at radius 1 is 1.32 bits per heavy atom. The molecule has 28 heavy (non-hydrogen) atoms. The predicted octanol–water partition coefficient (Wildman–Crippen LogP) is 3.50. The molecule has 0 aliphatic heterocycles. The molecule has 0 spiro atoms. The monoisotopic (exact) mass is 377 g/mol. The van der Waals surface area contributed by atoms with E-state index >= 15 is 0 Å². The summed E-state index contributed by atoms with van der Waals surface area (Å²) in [6.45, 7) is 8.24. The van der Waals surface area contributed by atoms with Gasteiger partial charge in [-0.1, -0.05) is 6.07 Å².